The summed E-state index contributed by atoms with van der Waals surface area (Å²) >= 11 is 0. The number of piperazine rings is 1. The summed E-state index contributed by atoms with van der Waals surface area (Å²) in [6.45, 7) is 5.59. The number of hydrogen-bond acceptors (Lipinski definition) is 3. The van der Waals surface area contributed by atoms with E-state index >= 15 is 0 Å². The minimum Gasteiger partial charge on any atom is -0.370 e. The molecule has 1 aliphatic rings. The highest BCUT2D eigenvalue weighted by molar-refractivity contribution is 5.96. The van der Waals surface area contributed by atoms with Crippen LogP contribution < -0.4 is 16.4 Å². The van der Waals surface area contributed by atoms with Gasteiger partial charge in [-0.3, -0.25) is 14.4 Å². The SMILES string of the molecule is CC.CC1NC(=O)C(CCC(N)=O)NC1=O. The third-order valence-corrected chi connectivity index (χ3v) is 2.06. The predicted octanol–water partition coefficient (Wildman–Crippen LogP) is -0.719. The highest BCUT2D eigenvalue weighted by atomic mass is 16.2. The number of rotatable bonds is 3. The van der Waals surface area contributed by atoms with Crippen LogP contribution in [0.4, 0.5) is 0 Å². The third-order valence-electron chi connectivity index (χ3n) is 2.06. The van der Waals surface area contributed by atoms with Crippen molar-refractivity contribution in [2.45, 2.75) is 45.7 Å². The molecule has 1 heterocycles. The van der Waals surface area contributed by atoms with Gasteiger partial charge in [0, 0.05) is 6.42 Å². The normalized spacial score (nSPS) is 23.7. The molecular formula is C10H19N3O3. The minimum atomic E-state index is -0.633. The Morgan fingerprint density at radius 2 is 1.81 bits per heavy atom. The number of hydrogen-bond donors (Lipinski definition) is 3. The van der Waals surface area contributed by atoms with E-state index in [0.29, 0.717) is 0 Å². The van der Waals surface area contributed by atoms with E-state index in [-0.39, 0.29) is 24.7 Å². The van der Waals surface area contributed by atoms with Gasteiger partial charge in [0.2, 0.25) is 17.7 Å². The Balaban J connectivity index is 0.00000106. The van der Waals surface area contributed by atoms with Crippen molar-refractivity contribution < 1.29 is 14.4 Å². The number of carbonyl (C=O) groups excluding carboxylic acids is 3. The van der Waals surface area contributed by atoms with Crippen molar-refractivity contribution in [2.75, 3.05) is 0 Å². The van der Waals surface area contributed by atoms with Crippen LogP contribution in [0.15, 0.2) is 0 Å². The Morgan fingerprint density at radius 3 is 2.31 bits per heavy atom. The van der Waals surface area contributed by atoms with Crippen LogP contribution in [0.5, 0.6) is 0 Å². The molecule has 16 heavy (non-hydrogen) atoms. The maximum atomic E-state index is 11.3. The molecule has 6 nitrogen and oxygen atoms in total. The Morgan fingerprint density at radius 1 is 1.25 bits per heavy atom. The van der Waals surface area contributed by atoms with Gasteiger partial charge in [0.1, 0.15) is 12.1 Å². The average molecular weight is 229 g/mol. The second-order valence-electron chi connectivity index (χ2n) is 3.30. The Kier molecular flexibility index (Phi) is 6.14. The van der Waals surface area contributed by atoms with Crippen molar-refractivity contribution in [3.63, 3.8) is 0 Å². The van der Waals surface area contributed by atoms with Crippen molar-refractivity contribution in [2.24, 2.45) is 5.73 Å². The van der Waals surface area contributed by atoms with E-state index in [9.17, 15) is 14.4 Å². The first-order valence-electron chi connectivity index (χ1n) is 5.39. The molecule has 2 unspecified atom stereocenters. The van der Waals surface area contributed by atoms with E-state index < -0.39 is 18.0 Å². The Hall–Kier alpha value is -1.59. The molecule has 1 fully saturated rings. The number of nitrogens with one attached hydrogen (secondary N) is 2. The lowest BCUT2D eigenvalue weighted by Crippen LogP contribution is -2.60. The zero-order valence-corrected chi connectivity index (χ0v) is 9.87. The molecule has 2 atom stereocenters. The van der Waals surface area contributed by atoms with Gasteiger partial charge in [-0.1, -0.05) is 13.8 Å². The van der Waals surface area contributed by atoms with Crippen LogP contribution in [0.1, 0.15) is 33.6 Å². The zero-order chi connectivity index (χ0) is 12.7. The second kappa shape index (κ2) is 6.81. The lowest BCUT2D eigenvalue weighted by atomic mass is 10.1. The smallest absolute Gasteiger partial charge is 0.243 e. The van der Waals surface area contributed by atoms with Crippen LogP contribution in [-0.4, -0.2) is 29.8 Å². The zero-order valence-electron chi connectivity index (χ0n) is 9.87. The Labute approximate surface area is 94.9 Å². The van der Waals surface area contributed by atoms with Crippen LogP contribution in [-0.2, 0) is 14.4 Å². The van der Waals surface area contributed by atoms with Gasteiger partial charge in [-0.25, -0.2) is 0 Å². The standard InChI is InChI=1S/C8H13N3O3.C2H6/c1-4-7(13)11-5(8(14)10-4)2-3-6(9)12;1-2/h4-5H,2-3H2,1H3,(H2,9,12)(H,10,14)(H,11,13);1-2H3. The fraction of sp³-hybridized carbons (Fsp3) is 0.700. The summed E-state index contributed by atoms with van der Waals surface area (Å²) < 4.78 is 0. The molecule has 1 rings (SSSR count). The van der Waals surface area contributed by atoms with Gasteiger partial charge in [0.05, 0.1) is 0 Å². The molecule has 0 aromatic carbocycles. The first-order chi connectivity index (χ1) is 7.50. The van der Waals surface area contributed by atoms with Crippen molar-refractivity contribution in [3.8, 4) is 0 Å². The molecule has 1 aliphatic heterocycles. The third kappa shape index (κ3) is 4.29. The highest BCUT2D eigenvalue weighted by Gasteiger charge is 2.30. The van der Waals surface area contributed by atoms with Gasteiger partial charge in [-0.05, 0) is 13.3 Å². The molecule has 92 valence electrons. The molecule has 0 radical (unpaired) electrons. The molecule has 0 bridgehead atoms. The van der Waals surface area contributed by atoms with Crippen LogP contribution in [0.2, 0.25) is 0 Å². The van der Waals surface area contributed by atoms with Crippen molar-refractivity contribution >= 4 is 17.7 Å². The molecule has 1 saturated heterocycles. The minimum absolute atomic E-state index is 0.0900. The van der Waals surface area contributed by atoms with Crippen LogP contribution in [0.25, 0.3) is 0 Å². The van der Waals surface area contributed by atoms with Crippen molar-refractivity contribution in [1.82, 2.24) is 10.6 Å². The van der Waals surface area contributed by atoms with E-state index in [1.165, 1.54) is 0 Å². The summed E-state index contributed by atoms with van der Waals surface area (Å²) in [6.07, 6.45) is 0.340. The largest absolute Gasteiger partial charge is 0.370 e. The molecular weight excluding hydrogens is 210 g/mol. The predicted molar refractivity (Wildman–Crippen MR) is 59.3 cm³/mol. The van der Waals surface area contributed by atoms with E-state index in [4.69, 9.17) is 5.73 Å². The molecule has 4 N–H and O–H groups in total. The summed E-state index contributed by atoms with van der Waals surface area (Å²) in [5.74, 6) is -0.983. The van der Waals surface area contributed by atoms with Gasteiger partial charge in [-0.15, -0.1) is 0 Å². The van der Waals surface area contributed by atoms with Crippen molar-refractivity contribution in [3.05, 3.63) is 0 Å². The summed E-state index contributed by atoms with van der Waals surface area (Å²) in [6, 6.07) is -1.14. The second-order valence-corrected chi connectivity index (χ2v) is 3.30. The van der Waals surface area contributed by atoms with Crippen LogP contribution in [0.3, 0.4) is 0 Å². The Bertz CT molecular complexity index is 278. The lowest BCUT2D eigenvalue weighted by molar-refractivity contribution is -0.136. The summed E-state index contributed by atoms with van der Waals surface area (Å²) in [4.78, 5) is 32.9. The van der Waals surface area contributed by atoms with E-state index in [2.05, 4.69) is 10.6 Å². The topological polar surface area (TPSA) is 101 Å². The van der Waals surface area contributed by atoms with Crippen LogP contribution in [0, 0.1) is 0 Å². The monoisotopic (exact) mass is 229 g/mol. The quantitative estimate of drug-likeness (QED) is 0.595. The summed E-state index contributed by atoms with van der Waals surface area (Å²) in [5.41, 5.74) is 4.93. The van der Waals surface area contributed by atoms with E-state index in [1.54, 1.807) is 6.92 Å². The van der Waals surface area contributed by atoms with Crippen molar-refractivity contribution in [1.29, 1.82) is 0 Å². The maximum absolute atomic E-state index is 11.3. The van der Waals surface area contributed by atoms with E-state index in [0.717, 1.165) is 0 Å². The molecule has 6 heteroatoms. The number of carbonyl (C=O) groups is 3. The fourth-order valence-corrected chi connectivity index (χ4v) is 1.23. The first-order valence-corrected chi connectivity index (χ1v) is 5.39. The average Bonchev–Trinajstić information content (AvgIpc) is 2.24. The van der Waals surface area contributed by atoms with Gasteiger partial charge >= 0.3 is 0 Å². The highest BCUT2D eigenvalue weighted by Crippen LogP contribution is 2.03. The number of primary amides is 1. The molecule has 0 spiro atoms. The molecule has 0 aromatic heterocycles. The van der Waals surface area contributed by atoms with Gasteiger partial charge < -0.3 is 16.4 Å². The fourth-order valence-electron chi connectivity index (χ4n) is 1.23. The number of nitrogens with two attached hydrogens (primary N) is 1. The first kappa shape index (κ1) is 14.4. The molecule has 0 aromatic rings. The van der Waals surface area contributed by atoms with Gasteiger partial charge in [-0.2, -0.15) is 0 Å². The summed E-state index contributed by atoms with van der Waals surface area (Å²) in [7, 11) is 0. The van der Waals surface area contributed by atoms with Crippen LogP contribution >= 0.6 is 0 Å². The number of amides is 3. The van der Waals surface area contributed by atoms with E-state index in [1.807, 2.05) is 13.8 Å². The maximum Gasteiger partial charge on any atom is 0.243 e. The van der Waals surface area contributed by atoms with Gasteiger partial charge in [0.15, 0.2) is 0 Å². The van der Waals surface area contributed by atoms with Gasteiger partial charge in [0.25, 0.3) is 0 Å². The lowest BCUT2D eigenvalue weighted by Gasteiger charge is -2.27. The molecule has 0 aliphatic carbocycles. The molecule has 0 saturated carbocycles. The summed E-state index contributed by atoms with van der Waals surface area (Å²) in [5, 5.41) is 5.01. The molecule has 3 amide bonds.